The summed E-state index contributed by atoms with van der Waals surface area (Å²) >= 11 is 0. The molecule has 1 atom stereocenters. The van der Waals surface area contributed by atoms with Crippen LogP contribution in [-0.4, -0.2) is 33.1 Å². The van der Waals surface area contributed by atoms with Crippen molar-refractivity contribution in [3.63, 3.8) is 0 Å². The molecule has 3 heterocycles. The van der Waals surface area contributed by atoms with Crippen LogP contribution in [0.1, 0.15) is 24.2 Å². The van der Waals surface area contributed by atoms with Crippen molar-refractivity contribution in [2.45, 2.75) is 32.7 Å². The van der Waals surface area contributed by atoms with Gasteiger partial charge in [-0.25, -0.2) is 4.39 Å². The number of hydrogen-bond donors (Lipinski definition) is 1. The summed E-state index contributed by atoms with van der Waals surface area (Å²) in [7, 11) is 0. The predicted octanol–water partition coefficient (Wildman–Crippen LogP) is 3.33. The first-order valence-electron chi connectivity index (χ1n) is 10.4. The van der Waals surface area contributed by atoms with Crippen LogP contribution in [0, 0.1) is 18.7 Å². The fourth-order valence-electron chi connectivity index (χ4n) is 4.29. The number of halogens is 1. The molecule has 3 aromatic rings. The van der Waals surface area contributed by atoms with Crippen LogP contribution < -0.4 is 10.2 Å². The van der Waals surface area contributed by atoms with Crippen molar-refractivity contribution in [2.75, 3.05) is 16.8 Å². The molecule has 2 aliphatic heterocycles. The van der Waals surface area contributed by atoms with Crippen molar-refractivity contribution >= 4 is 23.2 Å². The average Bonchev–Trinajstić information content (AvgIpc) is 3.44. The van der Waals surface area contributed by atoms with Crippen LogP contribution in [0.4, 0.5) is 15.8 Å². The highest BCUT2D eigenvalue weighted by atomic mass is 19.1. The Kier molecular flexibility index (Phi) is 4.77. The van der Waals surface area contributed by atoms with E-state index in [1.165, 1.54) is 11.0 Å². The van der Waals surface area contributed by atoms with Gasteiger partial charge in [-0.2, -0.15) is 0 Å². The zero-order chi connectivity index (χ0) is 21.5. The Labute approximate surface area is 178 Å². The lowest BCUT2D eigenvalue weighted by molar-refractivity contribution is -0.122. The molecular formula is C23H22FN5O2. The molecule has 2 amide bonds. The summed E-state index contributed by atoms with van der Waals surface area (Å²) in [6.45, 7) is 2.84. The summed E-state index contributed by atoms with van der Waals surface area (Å²) in [6, 6.07) is 12.2. The second-order valence-electron chi connectivity index (χ2n) is 8.13. The second-order valence-corrected chi connectivity index (χ2v) is 8.13. The fraction of sp³-hybridized carbons (Fsp3) is 0.304. The molecule has 0 aliphatic carbocycles. The Morgan fingerprint density at radius 3 is 2.90 bits per heavy atom. The largest absolute Gasteiger partial charge is 0.326 e. The third-order valence-corrected chi connectivity index (χ3v) is 5.89. The molecule has 2 aliphatic rings. The van der Waals surface area contributed by atoms with E-state index in [0.29, 0.717) is 5.69 Å². The molecule has 0 bridgehead atoms. The Morgan fingerprint density at radius 2 is 2.06 bits per heavy atom. The van der Waals surface area contributed by atoms with Crippen LogP contribution in [0.25, 0.3) is 11.4 Å². The molecule has 0 radical (unpaired) electrons. The fourth-order valence-corrected chi connectivity index (χ4v) is 4.29. The van der Waals surface area contributed by atoms with Crippen LogP contribution in [0.5, 0.6) is 0 Å². The third-order valence-electron chi connectivity index (χ3n) is 5.89. The second kappa shape index (κ2) is 7.61. The summed E-state index contributed by atoms with van der Waals surface area (Å²) in [6.07, 6.45) is 2.04. The van der Waals surface area contributed by atoms with Crippen molar-refractivity contribution in [1.29, 1.82) is 0 Å². The van der Waals surface area contributed by atoms with Crippen molar-refractivity contribution in [3.8, 4) is 11.4 Å². The van der Waals surface area contributed by atoms with Gasteiger partial charge in [0.15, 0.2) is 5.82 Å². The van der Waals surface area contributed by atoms with Gasteiger partial charge in [-0.05, 0) is 43.2 Å². The van der Waals surface area contributed by atoms with Crippen LogP contribution in [-0.2, 0) is 22.6 Å². The molecular weight excluding hydrogens is 397 g/mol. The van der Waals surface area contributed by atoms with E-state index in [1.807, 2.05) is 18.2 Å². The summed E-state index contributed by atoms with van der Waals surface area (Å²) in [4.78, 5) is 26.7. The summed E-state index contributed by atoms with van der Waals surface area (Å²) in [5.74, 6) is 0.262. The van der Waals surface area contributed by atoms with Gasteiger partial charge in [-0.3, -0.25) is 9.59 Å². The minimum Gasteiger partial charge on any atom is -0.326 e. The Morgan fingerprint density at radius 1 is 1.19 bits per heavy atom. The Bertz CT molecular complexity index is 1190. The van der Waals surface area contributed by atoms with Crippen LogP contribution in [0.3, 0.4) is 0 Å². The Hall–Kier alpha value is -3.55. The lowest BCUT2D eigenvalue weighted by Crippen LogP contribution is -2.28. The zero-order valence-electron chi connectivity index (χ0n) is 17.1. The average molecular weight is 419 g/mol. The number of fused-ring (bicyclic) bond motifs is 1. The number of nitrogens with one attached hydrogen (secondary N) is 1. The molecule has 7 nitrogen and oxygen atoms in total. The van der Waals surface area contributed by atoms with E-state index in [4.69, 9.17) is 0 Å². The molecule has 1 N–H and O–H groups in total. The monoisotopic (exact) mass is 419 g/mol. The first-order valence-corrected chi connectivity index (χ1v) is 10.4. The van der Waals surface area contributed by atoms with Crippen LogP contribution in [0.2, 0.25) is 0 Å². The van der Waals surface area contributed by atoms with E-state index in [2.05, 4.69) is 20.1 Å². The number of amides is 2. The number of benzene rings is 2. The molecule has 5 rings (SSSR count). The summed E-state index contributed by atoms with van der Waals surface area (Å²) in [5.41, 5.74) is 2.50. The van der Waals surface area contributed by atoms with Gasteiger partial charge in [-0.15, -0.1) is 10.2 Å². The number of carbonyl (C=O) groups excluding carboxylic acids is 2. The van der Waals surface area contributed by atoms with Gasteiger partial charge in [0.05, 0.1) is 11.6 Å². The lowest BCUT2D eigenvalue weighted by Gasteiger charge is -2.18. The first-order chi connectivity index (χ1) is 15.0. The van der Waals surface area contributed by atoms with Crippen LogP contribution >= 0.6 is 0 Å². The predicted molar refractivity (Wildman–Crippen MR) is 114 cm³/mol. The maximum atomic E-state index is 14.3. The number of aryl methyl sites for hydroxylation is 2. The molecule has 31 heavy (non-hydrogen) atoms. The van der Waals surface area contributed by atoms with Gasteiger partial charge in [0, 0.05) is 37.2 Å². The minimum absolute atomic E-state index is 0.0521. The highest BCUT2D eigenvalue weighted by Gasteiger charge is 2.36. The van der Waals surface area contributed by atoms with E-state index in [1.54, 1.807) is 25.1 Å². The van der Waals surface area contributed by atoms with Gasteiger partial charge >= 0.3 is 0 Å². The molecule has 1 unspecified atom stereocenters. The maximum Gasteiger partial charge on any atom is 0.229 e. The molecule has 0 saturated carbocycles. The van der Waals surface area contributed by atoms with Crippen LogP contribution in [0.15, 0.2) is 42.5 Å². The minimum atomic E-state index is -0.547. The normalized spacial score (nSPS) is 17.8. The number of aromatic nitrogens is 3. The van der Waals surface area contributed by atoms with E-state index in [-0.39, 0.29) is 30.5 Å². The molecule has 1 saturated heterocycles. The topological polar surface area (TPSA) is 80.1 Å². The van der Waals surface area contributed by atoms with Crippen molar-refractivity contribution in [1.82, 2.24) is 14.8 Å². The number of hydrogen-bond acceptors (Lipinski definition) is 4. The lowest BCUT2D eigenvalue weighted by atomic mass is 10.1. The number of nitrogens with zero attached hydrogens (tertiary/aromatic N) is 4. The van der Waals surface area contributed by atoms with Gasteiger partial charge in [0.1, 0.15) is 11.6 Å². The van der Waals surface area contributed by atoms with Crippen molar-refractivity contribution < 1.29 is 14.0 Å². The van der Waals surface area contributed by atoms with Gasteiger partial charge in [0.25, 0.3) is 0 Å². The molecule has 1 fully saturated rings. The van der Waals surface area contributed by atoms with Gasteiger partial charge < -0.3 is 14.8 Å². The van der Waals surface area contributed by atoms with Gasteiger partial charge in [0.2, 0.25) is 11.8 Å². The third kappa shape index (κ3) is 3.58. The molecule has 158 valence electrons. The Balaban J connectivity index is 1.31. The van der Waals surface area contributed by atoms with E-state index < -0.39 is 11.7 Å². The van der Waals surface area contributed by atoms with Crippen molar-refractivity contribution in [2.24, 2.45) is 5.92 Å². The molecule has 8 heteroatoms. The van der Waals surface area contributed by atoms with Crippen molar-refractivity contribution in [3.05, 3.63) is 59.7 Å². The summed E-state index contributed by atoms with van der Waals surface area (Å²) < 4.78 is 16.4. The standard InChI is InChI=1S/C23H22FN5O2/c1-14-7-8-19(18(24)10-14)29-13-16(12-21(29)30)23(31)25-17-5-2-4-15(11-17)22-27-26-20-6-3-9-28(20)22/h2,4-5,7-8,10-11,16H,3,6,9,12-13H2,1H3,(H,25,31). The first kappa shape index (κ1) is 19.4. The maximum absolute atomic E-state index is 14.3. The summed E-state index contributed by atoms with van der Waals surface area (Å²) in [5, 5.41) is 11.4. The number of anilines is 2. The van der Waals surface area contributed by atoms with E-state index in [0.717, 1.165) is 42.2 Å². The van der Waals surface area contributed by atoms with Gasteiger partial charge in [-0.1, -0.05) is 18.2 Å². The number of carbonyl (C=O) groups is 2. The molecule has 2 aromatic carbocycles. The van der Waals surface area contributed by atoms with E-state index >= 15 is 0 Å². The highest BCUT2D eigenvalue weighted by Crippen LogP contribution is 2.30. The zero-order valence-corrected chi connectivity index (χ0v) is 17.1. The molecule has 1 aromatic heterocycles. The highest BCUT2D eigenvalue weighted by molar-refractivity contribution is 6.03. The SMILES string of the molecule is Cc1ccc(N2CC(C(=O)Nc3cccc(-c4nnc5n4CCC5)c3)CC2=O)c(F)c1. The molecule has 0 spiro atoms. The van der Waals surface area contributed by atoms with E-state index in [9.17, 15) is 14.0 Å². The number of rotatable bonds is 4. The smallest absolute Gasteiger partial charge is 0.229 e. The quantitative estimate of drug-likeness (QED) is 0.704.